The summed E-state index contributed by atoms with van der Waals surface area (Å²) in [5, 5.41) is 17.7. The number of aliphatic hydroxyl groups excluding tert-OH is 1. The van der Waals surface area contributed by atoms with E-state index < -0.39 is 6.03 Å². The molecule has 0 aliphatic carbocycles. The maximum absolute atomic E-state index is 12.7. The summed E-state index contributed by atoms with van der Waals surface area (Å²) in [4.78, 5) is 18.0. The number of anilines is 1. The van der Waals surface area contributed by atoms with Crippen molar-refractivity contribution in [1.82, 2.24) is 9.78 Å². The van der Waals surface area contributed by atoms with E-state index in [1.54, 1.807) is 31.2 Å². The van der Waals surface area contributed by atoms with Crippen LogP contribution < -0.4 is 10.1 Å². The summed E-state index contributed by atoms with van der Waals surface area (Å²) in [6.45, 7) is 7.59. The number of hydroxylamine groups is 1. The lowest BCUT2D eigenvalue weighted by molar-refractivity contribution is -0.704. The molecule has 0 aliphatic heterocycles. The van der Waals surface area contributed by atoms with Crippen molar-refractivity contribution in [2.24, 2.45) is 0 Å². The van der Waals surface area contributed by atoms with E-state index in [1.807, 2.05) is 16.9 Å². The van der Waals surface area contributed by atoms with E-state index in [9.17, 15) is 9.90 Å². The molecule has 2 aromatic rings. The Morgan fingerprint density at radius 2 is 2.17 bits per heavy atom. The second-order valence-electron chi connectivity index (χ2n) is 6.82. The first-order chi connectivity index (χ1) is 14.5. The SMILES string of the molecule is C=C/C=C\C(C)=[N+](\OC)C(=O)Nc1cc2cn([C@H](CCC)CCO)nc2cc1OC. The van der Waals surface area contributed by atoms with Crippen LogP contribution in [0.15, 0.2) is 43.1 Å². The molecule has 1 aromatic heterocycles. The molecule has 8 nitrogen and oxygen atoms in total. The van der Waals surface area contributed by atoms with Crippen LogP contribution in [0.1, 0.15) is 39.2 Å². The van der Waals surface area contributed by atoms with Crippen molar-refractivity contribution in [2.75, 3.05) is 26.1 Å². The summed E-state index contributed by atoms with van der Waals surface area (Å²) >= 11 is 0. The van der Waals surface area contributed by atoms with Gasteiger partial charge >= 0.3 is 6.03 Å². The van der Waals surface area contributed by atoms with Gasteiger partial charge in [0, 0.05) is 31.2 Å². The highest BCUT2D eigenvalue weighted by Crippen LogP contribution is 2.31. The van der Waals surface area contributed by atoms with E-state index in [2.05, 4.69) is 23.9 Å². The average Bonchev–Trinajstić information content (AvgIpc) is 3.14. The fraction of sp³-hybridized carbons (Fsp3) is 0.409. The monoisotopic (exact) mass is 415 g/mol. The van der Waals surface area contributed by atoms with E-state index in [-0.39, 0.29) is 12.6 Å². The standard InChI is InChI=1S/C22H30N4O4/c1-6-8-10-16(3)26(30-5)22(28)23-20-13-17-15-25(18(9-7-2)11-12-27)24-19(17)14-21(20)29-4/h6,8,10,13-15,18,27H,1,7,9,11-12H2,2-5H3/p+1/b10-8-,26-16+/t18-/m1/s1. The van der Waals surface area contributed by atoms with Crippen LogP contribution in [0.4, 0.5) is 10.5 Å². The molecule has 0 radical (unpaired) electrons. The Hall–Kier alpha value is -3.13. The number of amides is 2. The van der Waals surface area contributed by atoms with Crippen molar-refractivity contribution in [3.8, 4) is 5.75 Å². The highest BCUT2D eigenvalue weighted by molar-refractivity contribution is 5.97. The molecular formula is C22H31N4O4+. The minimum Gasteiger partial charge on any atom is -0.492 e. The number of carbonyl (C=O) groups excluding carboxylic acids is 1. The van der Waals surface area contributed by atoms with E-state index in [0.29, 0.717) is 23.6 Å². The Labute approximate surface area is 177 Å². The number of urea groups is 1. The molecule has 162 valence electrons. The Kier molecular flexibility index (Phi) is 8.61. The van der Waals surface area contributed by atoms with E-state index in [0.717, 1.165) is 28.5 Å². The molecule has 0 aliphatic rings. The van der Waals surface area contributed by atoms with E-state index in [1.165, 1.54) is 14.2 Å². The first-order valence-corrected chi connectivity index (χ1v) is 9.94. The number of aliphatic hydroxyl groups is 1. The first kappa shape index (κ1) is 23.2. The van der Waals surface area contributed by atoms with Gasteiger partial charge in [-0.3, -0.25) is 4.68 Å². The van der Waals surface area contributed by atoms with Crippen LogP contribution in [-0.2, 0) is 4.84 Å². The van der Waals surface area contributed by atoms with Gasteiger partial charge < -0.3 is 14.7 Å². The number of rotatable bonds is 10. The Balaban J connectivity index is 2.40. The summed E-state index contributed by atoms with van der Waals surface area (Å²) < 4.78 is 8.49. The lowest BCUT2D eigenvalue weighted by atomic mass is 10.1. The van der Waals surface area contributed by atoms with E-state index in [4.69, 9.17) is 9.57 Å². The number of nitrogens with one attached hydrogen (secondary N) is 1. The van der Waals surface area contributed by atoms with Gasteiger partial charge in [0.15, 0.2) is 17.1 Å². The number of hydrogen-bond donors (Lipinski definition) is 2. The summed E-state index contributed by atoms with van der Waals surface area (Å²) in [6.07, 6.45) is 9.54. The second-order valence-corrected chi connectivity index (χ2v) is 6.82. The second kappa shape index (κ2) is 11.2. The Morgan fingerprint density at radius 1 is 1.40 bits per heavy atom. The van der Waals surface area contributed by atoms with Gasteiger partial charge in [-0.1, -0.05) is 32.1 Å². The maximum atomic E-state index is 12.7. The predicted octanol–water partition coefficient (Wildman–Crippen LogP) is 4.08. The highest BCUT2D eigenvalue weighted by Gasteiger charge is 2.23. The quantitative estimate of drug-likeness (QED) is 0.264. The van der Waals surface area contributed by atoms with Crippen molar-refractivity contribution in [3.63, 3.8) is 0 Å². The topological polar surface area (TPSA) is 88.6 Å². The lowest BCUT2D eigenvalue weighted by Crippen LogP contribution is -2.29. The van der Waals surface area contributed by atoms with Gasteiger partial charge in [-0.2, -0.15) is 15.2 Å². The molecular weight excluding hydrogens is 384 g/mol. The molecule has 1 aromatic carbocycles. The van der Waals surface area contributed by atoms with Gasteiger partial charge in [0.05, 0.1) is 18.7 Å². The molecule has 0 saturated heterocycles. The lowest BCUT2D eigenvalue weighted by Gasteiger charge is -2.14. The zero-order valence-electron chi connectivity index (χ0n) is 18.1. The molecule has 8 heteroatoms. The normalized spacial score (nSPS) is 13.2. The van der Waals surface area contributed by atoms with Gasteiger partial charge in [-0.05, 0) is 29.7 Å². The van der Waals surface area contributed by atoms with Gasteiger partial charge in [0.25, 0.3) is 0 Å². The van der Waals surface area contributed by atoms with Crippen molar-refractivity contribution in [1.29, 1.82) is 0 Å². The third kappa shape index (κ3) is 5.48. The zero-order chi connectivity index (χ0) is 22.1. The number of hydrogen-bond acceptors (Lipinski definition) is 5. The van der Waals surface area contributed by atoms with Crippen LogP contribution in [0.2, 0.25) is 0 Å². The van der Waals surface area contributed by atoms with Crippen LogP contribution in [0, 0.1) is 0 Å². The predicted molar refractivity (Wildman–Crippen MR) is 118 cm³/mol. The van der Waals surface area contributed by atoms with Crippen LogP contribution in [0.3, 0.4) is 0 Å². The number of methoxy groups -OCH3 is 1. The Morgan fingerprint density at radius 3 is 2.77 bits per heavy atom. The molecule has 0 unspecified atom stereocenters. The minimum absolute atomic E-state index is 0.106. The number of aromatic nitrogens is 2. The molecule has 2 rings (SSSR count). The molecule has 0 saturated carbocycles. The van der Waals surface area contributed by atoms with Crippen molar-refractivity contribution in [2.45, 2.75) is 39.2 Å². The van der Waals surface area contributed by atoms with Gasteiger partial charge in [0.1, 0.15) is 7.11 Å². The number of allylic oxidation sites excluding steroid dienone is 3. The van der Waals surface area contributed by atoms with Gasteiger partial charge in [-0.15, -0.1) is 0 Å². The third-order valence-corrected chi connectivity index (χ3v) is 4.70. The highest BCUT2D eigenvalue weighted by atomic mass is 16.7. The number of benzene rings is 1. The average molecular weight is 416 g/mol. The number of carbonyl (C=O) groups is 1. The summed E-state index contributed by atoms with van der Waals surface area (Å²) in [6, 6.07) is 3.27. The van der Waals surface area contributed by atoms with Crippen LogP contribution in [0.25, 0.3) is 10.9 Å². The molecule has 0 fully saturated rings. The summed E-state index contributed by atoms with van der Waals surface area (Å²) in [7, 11) is 2.96. The fourth-order valence-electron chi connectivity index (χ4n) is 3.24. The smallest absolute Gasteiger partial charge is 0.492 e. The van der Waals surface area contributed by atoms with E-state index >= 15 is 0 Å². The zero-order valence-corrected chi connectivity index (χ0v) is 18.1. The summed E-state index contributed by atoms with van der Waals surface area (Å²) in [5.41, 5.74) is 1.85. The first-order valence-electron chi connectivity index (χ1n) is 9.94. The molecule has 2 amide bonds. The molecule has 30 heavy (non-hydrogen) atoms. The van der Waals surface area contributed by atoms with Crippen molar-refractivity contribution in [3.05, 3.63) is 43.1 Å². The largest absolute Gasteiger partial charge is 0.535 e. The third-order valence-electron chi connectivity index (χ3n) is 4.70. The molecule has 1 heterocycles. The molecule has 1 atom stereocenters. The number of ether oxygens (including phenoxy) is 1. The molecule has 0 bridgehead atoms. The van der Waals surface area contributed by atoms with Gasteiger partial charge in [-0.25, -0.2) is 0 Å². The maximum Gasteiger partial charge on any atom is 0.535 e. The molecule has 0 spiro atoms. The van der Waals surface area contributed by atoms with Crippen molar-refractivity contribution >= 4 is 28.3 Å². The van der Waals surface area contributed by atoms with Gasteiger partial charge in [0.2, 0.25) is 0 Å². The summed E-state index contributed by atoms with van der Waals surface area (Å²) in [5.74, 6) is 0.491. The van der Waals surface area contributed by atoms with Crippen LogP contribution in [-0.4, -0.2) is 52.2 Å². The van der Waals surface area contributed by atoms with Crippen LogP contribution in [0.5, 0.6) is 5.75 Å². The van der Waals surface area contributed by atoms with Crippen LogP contribution >= 0.6 is 0 Å². The number of fused-ring (bicyclic) bond motifs is 1. The fourth-order valence-corrected chi connectivity index (χ4v) is 3.24. The minimum atomic E-state index is -0.460. The van der Waals surface area contributed by atoms with Crippen molar-refractivity contribution < 1.29 is 24.2 Å². The Bertz CT molecular complexity index is 940. The number of nitrogens with zero attached hydrogens (tertiary/aromatic N) is 3. The molecule has 2 N–H and O–H groups in total.